The Morgan fingerprint density at radius 2 is 1.95 bits per heavy atom. The Morgan fingerprint density at radius 1 is 1.22 bits per heavy atom. The highest BCUT2D eigenvalue weighted by Gasteiger charge is 2.35. The van der Waals surface area contributed by atoms with Crippen LogP contribution in [-0.4, -0.2) is 51.4 Å². The SMILES string of the molecule is NC(=O)c1nsc(C(=O)N(Cc2ccccc2Cl)[C@@H](C(=O)NC[C@H]2CCCO2)c2ccc(O)cc2)c1N. The molecular weight excluding hydrogens is 518 g/mol. The van der Waals surface area contributed by atoms with Crippen LogP contribution in [0.3, 0.4) is 0 Å². The zero-order valence-electron chi connectivity index (χ0n) is 19.7. The minimum Gasteiger partial charge on any atom is -0.508 e. The maximum atomic E-state index is 13.9. The number of rotatable bonds is 9. The number of aromatic nitrogens is 1. The van der Waals surface area contributed by atoms with Gasteiger partial charge in [-0.15, -0.1) is 0 Å². The van der Waals surface area contributed by atoms with E-state index < -0.39 is 23.8 Å². The van der Waals surface area contributed by atoms with Gasteiger partial charge in [-0.25, -0.2) is 0 Å². The number of anilines is 1. The molecule has 2 aromatic carbocycles. The number of aromatic hydroxyl groups is 1. The van der Waals surface area contributed by atoms with Gasteiger partial charge in [-0.05, 0) is 53.7 Å². The normalized spacial score (nSPS) is 15.8. The minimum atomic E-state index is -1.13. The average Bonchev–Trinajstić information content (AvgIpc) is 3.54. The second kappa shape index (κ2) is 11.6. The topological polar surface area (TPSA) is 161 Å². The highest BCUT2D eigenvalue weighted by atomic mass is 35.5. The van der Waals surface area contributed by atoms with E-state index in [0.29, 0.717) is 22.8 Å². The summed E-state index contributed by atoms with van der Waals surface area (Å²) in [5.41, 5.74) is 12.1. The molecular formula is C25H26ClN5O5S. The molecule has 0 saturated carbocycles. The van der Waals surface area contributed by atoms with E-state index in [2.05, 4.69) is 9.69 Å². The van der Waals surface area contributed by atoms with Gasteiger partial charge in [0.1, 0.15) is 16.7 Å². The van der Waals surface area contributed by atoms with Crippen molar-refractivity contribution in [2.75, 3.05) is 18.9 Å². The van der Waals surface area contributed by atoms with E-state index in [4.69, 9.17) is 27.8 Å². The lowest BCUT2D eigenvalue weighted by molar-refractivity contribution is -0.126. The minimum absolute atomic E-state index is 0.00375. The Bertz CT molecular complexity index is 1290. The molecule has 12 heteroatoms. The summed E-state index contributed by atoms with van der Waals surface area (Å²) in [6.45, 7) is 0.850. The third-order valence-electron chi connectivity index (χ3n) is 6.01. The lowest BCUT2D eigenvalue weighted by atomic mass is 10.0. The number of nitrogens with zero attached hydrogens (tertiary/aromatic N) is 2. The molecule has 1 fully saturated rings. The number of amides is 3. The molecule has 37 heavy (non-hydrogen) atoms. The van der Waals surface area contributed by atoms with Gasteiger partial charge < -0.3 is 31.5 Å². The van der Waals surface area contributed by atoms with E-state index >= 15 is 0 Å². The van der Waals surface area contributed by atoms with E-state index in [9.17, 15) is 19.5 Å². The fourth-order valence-electron chi connectivity index (χ4n) is 4.10. The molecule has 0 bridgehead atoms. The number of benzene rings is 2. The largest absolute Gasteiger partial charge is 0.508 e. The number of hydrogen-bond acceptors (Lipinski definition) is 8. The molecule has 3 aromatic rings. The number of carbonyl (C=O) groups is 3. The number of nitrogens with two attached hydrogens (primary N) is 2. The Kier molecular flexibility index (Phi) is 8.27. The molecule has 2 heterocycles. The standard InChI is InChI=1S/C25H26ClN5O5S/c26-18-6-2-1-4-15(18)13-31(25(35)22-19(27)20(23(28)33)30-37-22)21(14-7-9-16(32)10-8-14)24(34)29-12-17-5-3-11-36-17/h1-2,4,6-10,17,21,32H,3,5,11-13,27H2,(H2,28,33)(H,29,34)/t17-,21-/m1/s1. The van der Waals surface area contributed by atoms with E-state index in [0.717, 1.165) is 24.4 Å². The van der Waals surface area contributed by atoms with Crippen LogP contribution < -0.4 is 16.8 Å². The first kappa shape index (κ1) is 26.4. The van der Waals surface area contributed by atoms with Crippen molar-refractivity contribution < 1.29 is 24.2 Å². The van der Waals surface area contributed by atoms with Gasteiger partial charge >= 0.3 is 0 Å². The Hall–Kier alpha value is -3.67. The number of hydrogen-bond donors (Lipinski definition) is 4. The van der Waals surface area contributed by atoms with E-state index in [1.54, 1.807) is 36.4 Å². The van der Waals surface area contributed by atoms with Crippen molar-refractivity contribution in [2.45, 2.75) is 31.5 Å². The summed E-state index contributed by atoms with van der Waals surface area (Å²) in [7, 11) is 0. The fraction of sp³-hybridized carbons (Fsp3) is 0.280. The molecule has 2 atom stereocenters. The van der Waals surface area contributed by atoms with Crippen molar-refractivity contribution in [1.29, 1.82) is 0 Å². The summed E-state index contributed by atoms with van der Waals surface area (Å²) in [6, 6.07) is 11.8. The summed E-state index contributed by atoms with van der Waals surface area (Å²) in [6.07, 6.45) is 1.61. The molecule has 3 amide bonds. The van der Waals surface area contributed by atoms with Crippen LogP contribution in [0, 0.1) is 0 Å². The Labute approximate surface area is 222 Å². The molecule has 4 rings (SSSR count). The number of phenolic OH excluding ortho intramolecular Hbond substituents is 1. The quantitative estimate of drug-likeness (QED) is 0.322. The van der Waals surface area contributed by atoms with Crippen LogP contribution in [0.1, 0.15) is 50.2 Å². The molecule has 0 unspecified atom stereocenters. The van der Waals surface area contributed by atoms with Gasteiger partial charge in [0.25, 0.3) is 11.8 Å². The summed E-state index contributed by atoms with van der Waals surface area (Å²) in [5, 5.41) is 13.1. The zero-order valence-corrected chi connectivity index (χ0v) is 21.3. The first-order valence-corrected chi connectivity index (χ1v) is 12.7. The Balaban J connectivity index is 1.77. The Morgan fingerprint density at radius 3 is 2.57 bits per heavy atom. The first-order chi connectivity index (χ1) is 17.8. The van der Waals surface area contributed by atoms with Crippen LogP contribution in [-0.2, 0) is 16.1 Å². The molecule has 194 valence electrons. The van der Waals surface area contributed by atoms with Gasteiger partial charge in [0.15, 0.2) is 5.69 Å². The number of carbonyl (C=O) groups excluding carboxylic acids is 3. The van der Waals surface area contributed by atoms with E-state index in [1.807, 2.05) is 0 Å². The summed E-state index contributed by atoms with van der Waals surface area (Å²) < 4.78 is 9.56. The van der Waals surface area contributed by atoms with E-state index in [-0.39, 0.29) is 41.2 Å². The number of phenols is 1. The smallest absolute Gasteiger partial charge is 0.270 e. The monoisotopic (exact) mass is 543 g/mol. The molecule has 6 N–H and O–H groups in total. The van der Waals surface area contributed by atoms with Gasteiger partial charge in [-0.2, -0.15) is 4.37 Å². The molecule has 1 saturated heterocycles. The van der Waals surface area contributed by atoms with Crippen molar-refractivity contribution in [3.8, 4) is 5.75 Å². The van der Waals surface area contributed by atoms with Crippen molar-refractivity contribution in [3.05, 3.63) is 75.3 Å². The lowest BCUT2D eigenvalue weighted by Crippen LogP contribution is -2.45. The van der Waals surface area contributed by atoms with Crippen molar-refractivity contribution in [3.63, 3.8) is 0 Å². The summed E-state index contributed by atoms with van der Waals surface area (Å²) in [4.78, 5) is 40.6. The van der Waals surface area contributed by atoms with Crippen LogP contribution in [0.25, 0.3) is 0 Å². The first-order valence-electron chi connectivity index (χ1n) is 11.5. The molecule has 1 aromatic heterocycles. The van der Waals surface area contributed by atoms with Crippen LogP contribution in [0.4, 0.5) is 5.69 Å². The number of halogens is 1. The van der Waals surface area contributed by atoms with Crippen LogP contribution in [0.5, 0.6) is 5.75 Å². The number of ether oxygens (including phenoxy) is 1. The molecule has 0 aliphatic carbocycles. The highest BCUT2D eigenvalue weighted by Crippen LogP contribution is 2.32. The van der Waals surface area contributed by atoms with Crippen LogP contribution in [0.15, 0.2) is 48.5 Å². The molecule has 0 radical (unpaired) electrons. The third-order valence-corrected chi connectivity index (χ3v) is 7.23. The predicted molar refractivity (Wildman–Crippen MR) is 139 cm³/mol. The van der Waals surface area contributed by atoms with Crippen molar-refractivity contribution >= 4 is 46.5 Å². The zero-order chi connectivity index (χ0) is 26.5. The second-order valence-corrected chi connectivity index (χ2v) is 9.72. The maximum absolute atomic E-state index is 13.9. The number of primary amides is 1. The average molecular weight is 544 g/mol. The summed E-state index contributed by atoms with van der Waals surface area (Å²) in [5.74, 6) is -1.95. The molecule has 1 aliphatic heterocycles. The van der Waals surface area contributed by atoms with Crippen molar-refractivity contribution in [2.24, 2.45) is 5.73 Å². The molecule has 10 nitrogen and oxygen atoms in total. The predicted octanol–water partition coefficient (Wildman–Crippen LogP) is 2.86. The van der Waals surface area contributed by atoms with Gasteiger partial charge in [0.05, 0.1) is 11.8 Å². The van der Waals surface area contributed by atoms with Gasteiger partial charge in [-0.1, -0.05) is 41.9 Å². The highest BCUT2D eigenvalue weighted by molar-refractivity contribution is 7.09. The second-order valence-electron chi connectivity index (χ2n) is 8.54. The lowest BCUT2D eigenvalue weighted by Gasteiger charge is -2.32. The van der Waals surface area contributed by atoms with Gasteiger partial charge in [-0.3, -0.25) is 14.4 Å². The maximum Gasteiger partial charge on any atom is 0.270 e. The molecule has 0 spiro atoms. The van der Waals surface area contributed by atoms with Crippen LogP contribution >= 0.6 is 23.1 Å². The molecule has 1 aliphatic rings. The van der Waals surface area contributed by atoms with Crippen molar-refractivity contribution in [1.82, 2.24) is 14.6 Å². The van der Waals surface area contributed by atoms with Gasteiger partial charge in [0.2, 0.25) is 5.91 Å². The third kappa shape index (κ3) is 6.01. The van der Waals surface area contributed by atoms with E-state index in [1.165, 1.54) is 17.0 Å². The summed E-state index contributed by atoms with van der Waals surface area (Å²) >= 11 is 7.14. The fourth-order valence-corrected chi connectivity index (χ4v) is 5.05. The van der Waals surface area contributed by atoms with Crippen LogP contribution in [0.2, 0.25) is 5.02 Å². The number of nitrogens with one attached hydrogen (secondary N) is 1. The number of nitrogen functional groups attached to an aromatic ring is 1. The van der Waals surface area contributed by atoms with Gasteiger partial charge in [0, 0.05) is 24.7 Å².